The molecule has 1 aromatic heterocycles. The van der Waals surface area contributed by atoms with Crippen LogP contribution in [0, 0.1) is 5.82 Å². The minimum Gasteiger partial charge on any atom is -0.466 e. The van der Waals surface area contributed by atoms with Crippen LogP contribution in [0.1, 0.15) is 22.4 Å². The number of ether oxygens (including phenoxy) is 1. The number of carbonyl (C=O) groups excluding carboxylic acids is 1. The lowest BCUT2D eigenvalue weighted by molar-refractivity contribution is -0.134. The van der Waals surface area contributed by atoms with Gasteiger partial charge in [-0.15, -0.1) is 0 Å². The second kappa shape index (κ2) is 8.42. The molecule has 0 bridgehead atoms. The van der Waals surface area contributed by atoms with Crippen LogP contribution in [0.25, 0.3) is 17.0 Å². The summed E-state index contributed by atoms with van der Waals surface area (Å²) < 4.78 is 21.3. The van der Waals surface area contributed by atoms with E-state index in [0.717, 1.165) is 40.0 Å². The van der Waals surface area contributed by atoms with Gasteiger partial charge in [-0.25, -0.2) is 9.18 Å². The zero-order valence-corrected chi connectivity index (χ0v) is 18.0. The Morgan fingerprint density at radius 1 is 1.31 bits per heavy atom. The molecule has 0 aliphatic carbocycles. The summed E-state index contributed by atoms with van der Waals surface area (Å²) in [6, 6.07) is 8.47. The van der Waals surface area contributed by atoms with Gasteiger partial charge in [0.15, 0.2) is 0 Å². The summed E-state index contributed by atoms with van der Waals surface area (Å²) in [5.74, 6) is 1.02. The first-order valence-electron chi connectivity index (χ1n) is 9.09. The zero-order chi connectivity index (χ0) is 20.5. The number of hydrogen-bond acceptors (Lipinski definition) is 3. The van der Waals surface area contributed by atoms with Crippen LogP contribution >= 0.6 is 35.0 Å². The third kappa shape index (κ3) is 4.04. The summed E-state index contributed by atoms with van der Waals surface area (Å²) in [6.45, 7) is 0.539. The standard InChI is InChI=1S/C22H18Cl2FNO2S/c1-28-21(27)5-3-13-8-16(25)10-17-18-12-29-7-6-20(18)26(22(13)17)11-14-2-4-15(23)9-19(14)24/h2-5,8-10H,6-7,11-12H2,1H3/b5-3+. The Morgan fingerprint density at radius 2 is 2.14 bits per heavy atom. The Kier molecular flexibility index (Phi) is 5.91. The molecule has 0 N–H and O–H groups in total. The predicted octanol–water partition coefficient (Wildman–Crippen LogP) is 6.11. The molecule has 2 heterocycles. The van der Waals surface area contributed by atoms with E-state index in [2.05, 4.69) is 9.30 Å². The van der Waals surface area contributed by atoms with Crippen LogP contribution in [0.15, 0.2) is 36.4 Å². The van der Waals surface area contributed by atoms with Crippen LogP contribution in [0.4, 0.5) is 4.39 Å². The molecule has 1 aliphatic rings. The van der Waals surface area contributed by atoms with Crippen molar-refractivity contribution < 1.29 is 13.9 Å². The number of halogens is 3. The molecule has 0 saturated heterocycles. The first kappa shape index (κ1) is 20.3. The van der Waals surface area contributed by atoms with Crippen molar-refractivity contribution in [3.63, 3.8) is 0 Å². The van der Waals surface area contributed by atoms with Gasteiger partial charge in [-0.2, -0.15) is 11.8 Å². The number of thioether (sulfide) groups is 1. The van der Waals surface area contributed by atoms with Gasteiger partial charge in [0.05, 0.1) is 12.6 Å². The first-order valence-corrected chi connectivity index (χ1v) is 11.0. The lowest BCUT2D eigenvalue weighted by Gasteiger charge is -2.17. The van der Waals surface area contributed by atoms with Crippen molar-refractivity contribution in [2.75, 3.05) is 12.9 Å². The topological polar surface area (TPSA) is 31.2 Å². The molecule has 0 atom stereocenters. The molecule has 1 aliphatic heterocycles. The van der Waals surface area contributed by atoms with Gasteiger partial charge in [0, 0.05) is 45.1 Å². The monoisotopic (exact) mass is 449 g/mol. The Balaban J connectivity index is 1.94. The number of fused-ring (bicyclic) bond motifs is 3. The highest BCUT2D eigenvalue weighted by atomic mass is 35.5. The number of benzene rings is 2. The van der Waals surface area contributed by atoms with Crippen molar-refractivity contribution in [1.29, 1.82) is 0 Å². The summed E-state index contributed by atoms with van der Waals surface area (Å²) in [4.78, 5) is 11.6. The summed E-state index contributed by atoms with van der Waals surface area (Å²) >= 11 is 14.3. The van der Waals surface area contributed by atoms with E-state index in [4.69, 9.17) is 23.2 Å². The highest BCUT2D eigenvalue weighted by molar-refractivity contribution is 7.98. The van der Waals surface area contributed by atoms with Gasteiger partial charge in [-0.05, 0) is 53.6 Å². The molecule has 0 fully saturated rings. The highest BCUT2D eigenvalue weighted by Gasteiger charge is 2.23. The normalized spacial score (nSPS) is 13.8. The van der Waals surface area contributed by atoms with Gasteiger partial charge in [-0.3, -0.25) is 0 Å². The third-order valence-corrected chi connectivity index (χ3v) is 6.62. The van der Waals surface area contributed by atoms with E-state index in [1.807, 2.05) is 23.9 Å². The first-order chi connectivity index (χ1) is 14.0. The van der Waals surface area contributed by atoms with Crippen molar-refractivity contribution in [2.24, 2.45) is 0 Å². The molecule has 29 heavy (non-hydrogen) atoms. The van der Waals surface area contributed by atoms with E-state index in [9.17, 15) is 9.18 Å². The molecular formula is C22H18Cl2FNO2S. The number of esters is 1. The van der Waals surface area contributed by atoms with Gasteiger partial charge in [0.1, 0.15) is 5.82 Å². The minimum atomic E-state index is -0.485. The number of carbonyl (C=O) groups is 1. The fourth-order valence-electron chi connectivity index (χ4n) is 3.74. The maximum atomic E-state index is 14.4. The number of rotatable bonds is 4. The van der Waals surface area contributed by atoms with Crippen molar-refractivity contribution in [3.05, 3.63) is 74.7 Å². The van der Waals surface area contributed by atoms with E-state index in [0.29, 0.717) is 22.2 Å². The molecule has 0 unspecified atom stereocenters. The van der Waals surface area contributed by atoms with E-state index >= 15 is 0 Å². The van der Waals surface area contributed by atoms with Crippen LogP contribution in [0.5, 0.6) is 0 Å². The molecule has 3 aromatic rings. The molecular weight excluding hydrogens is 432 g/mol. The molecule has 4 rings (SSSR count). The number of methoxy groups -OCH3 is 1. The van der Waals surface area contributed by atoms with E-state index in [-0.39, 0.29) is 5.82 Å². The second-order valence-corrected chi connectivity index (χ2v) is 8.75. The SMILES string of the molecule is COC(=O)/C=C/c1cc(F)cc2c3c(n(Cc4ccc(Cl)cc4Cl)c12)CCSC3. The van der Waals surface area contributed by atoms with Crippen molar-refractivity contribution in [3.8, 4) is 0 Å². The number of hydrogen-bond donors (Lipinski definition) is 0. The van der Waals surface area contributed by atoms with E-state index in [1.165, 1.54) is 24.9 Å². The van der Waals surface area contributed by atoms with Crippen LogP contribution in [0.2, 0.25) is 10.0 Å². The van der Waals surface area contributed by atoms with Gasteiger partial charge in [-0.1, -0.05) is 29.3 Å². The summed E-state index contributed by atoms with van der Waals surface area (Å²) in [6.07, 6.45) is 3.81. The molecule has 0 amide bonds. The van der Waals surface area contributed by atoms with E-state index < -0.39 is 5.97 Å². The Bertz CT molecular complexity index is 1140. The minimum absolute atomic E-state index is 0.331. The van der Waals surface area contributed by atoms with Crippen LogP contribution in [-0.2, 0) is 28.2 Å². The predicted molar refractivity (Wildman–Crippen MR) is 118 cm³/mol. The van der Waals surface area contributed by atoms with E-state index in [1.54, 1.807) is 18.2 Å². The maximum Gasteiger partial charge on any atom is 0.330 e. The quantitative estimate of drug-likeness (QED) is 0.355. The Hall–Kier alpha value is -1.95. The number of aromatic nitrogens is 1. The average Bonchev–Trinajstić information content (AvgIpc) is 3.01. The number of nitrogens with zero attached hydrogens (tertiary/aromatic N) is 1. The van der Waals surface area contributed by atoms with Gasteiger partial charge in [0.25, 0.3) is 0 Å². The smallest absolute Gasteiger partial charge is 0.330 e. The molecule has 0 radical (unpaired) electrons. The van der Waals surface area contributed by atoms with Crippen LogP contribution in [-0.4, -0.2) is 23.4 Å². The summed E-state index contributed by atoms with van der Waals surface area (Å²) in [5, 5.41) is 2.05. The lowest BCUT2D eigenvalue weighted by atomic mass is 10.1. The van der Waals surface area contributed by atoms with Crippen molar-refractivity contribution >= 4 is 57.9 Å². The van der Waals surface area contributed by atoms with Gasteiger partial charge in [0.2, 0.25) is 0 Å². The lowest BCUT2D eigenvalue weighted by Crippen LogP contribution is -2.10. The zero-order valence-electron chi connectivity index (χ0n) is 15.7. The molecule has 2 aromatic carbocycles. The second-order valence-electron chi connectivity index (χ2n) is 6.80. The molecule has 3 nitrogen and oxygen atoms in total. The maximum absolute atomic E-state index is 14.4. The van der Waals surface area contributed by atoms with Crippen molar-refractivity contribution in [2.45, 2.75) is 18.7 Å². The van der Waals surface area contributed by atoms with Gasteiger partial charge < -0.3 is 9.30 Å². The largest absolute Gasteiger partial charge is 0.466 e. The third-order valence-electron chi connectivity index (χ3n) is 5.05. The van der Waals surface area contributed by atoms with Crippen LogP contribution in [0.3, 0.4) is 0 Å². The fraction of sp³-hybridized carbons (Fsp3) is 0.227. The summed E-state index contributed by atoms with van der Waals surface area (Å²) in [7, 11) is 1.31. The van der Waals surface area contributed by atoms with Gasteiger partial charge >= 0.3 is 5.97 Å². The van der Waals surface area contributed by atoms with Crippen LogP contribution < -0.4 is 0 Å². The average molecular weight is 450 g/mol. The molecule has 7 heteroatoms. The highest BCUT2D eigenvalue weighted by Crippen LogP contribution is 2.37. The fourth-order valence-corrected chi connectivity index (χ4v) is 5.22. The Labute approximate surface area is 182 Å². The molecule has 0 saturated carbocycles. The Morgan fingerprint density at radius 3 is 2.90 bits per heavy atom. The summed E-state index contributed by atoms with van der Waals surface area (Å²) in [5.41, 5.74) is 4.79. The van der Waals surface area contributed by atoms with Crippen molar-refractivity contribution in [1.82, 2.24) is 4.57 Å². The molecule has 0 spiro atoms. The molecule has 150 valence electrons.